The van der Waals surface area contributed by atoms with Crippen LogP contribution in [-0.2, 0) is 0 Å². The first-order valence-electron chi connectivity index (χ1n) is 6.14. The molecule has 0 bridgehead atoms. The predicted octanol–water partition coefficient (Wildman–Crippen LogP) is 1.82. The van der Waals surface area contributed by atoms with Crippen LogP contribution in [0.4, 0.5) is 5.82 Å². The molecule has 2 N–H and O–H groups in total. The maximum absolute atomic E-state index is 8.81. The molecule has 0 spiro atoms. The Morgan fingerprint density at radius 3 is 3.12 bits per heavy atom. The molecule has 0 aliphatic carbocycles. The van der Waals surface area contributed by atoms with Gasteiger partial charge >= 0.3 is 0 Å². The molecule has 17 heavy (non-hydrogen) atoms. The van der Waals surface area contributed by atoms with Gasteiger partial charge in [0, 0.05) is 12.6 Å². The van der Waals surface area contributed by atoms with Crippen LogP contribution in [0.1, 0.15) is 30.5 Å². The minimum absolute atomic E-state index is 0.646. The molecule has 1 atom stereocenters. The van der Waals surface area contributed by atoms with E-state index < -0.39 is 0 Å². The highest BCUT2D eigenvalue weighted by atomic mass is 15.0. The van der Waals surface area contributed by atoms with E-state index >= 15 is 0 Å². The third-order valence-electron chi connectivity index (χ3n) is 3.17. The number of aromatic nitrogens is 1. The fraction of sp³-hybridized carbons (Fsp3) is 0.538. The second-order valence-electron chi connectivity index (χ2n) is 4.45. The van der Waals surface area contributed by atoms with Crippen molar-refractivity contribution in [3.8, 4) is 6.07 Å². The Morgan fingerprint density at radius 2 is 2.47 bits per heavy atom. The summed E-state index contributed by atoms with van der Waals surface area (Å²) in [4.78, 5) is 4.35. The molecule has 2 rings (SSSR count). The predicted molar refractivity (Wildman–Crippen MR) is 67.8 cm³/mol. The Labute approximate surface area is 102 Å². The maximum Gasteiger partial charge on any atom is 0.126 e. The van der Waals surface area contributed by atoms with Crippen molar-refractivity contribution in [2.75, 3.05) is 18.4 Å². The first-order chi connectivity index (χ1) is 8.29. The van der Waals surface area contributed by atoms with Gasteiger partial charge in [-0.25, -0.2) is 4.98 Å². The standard InChI is InChI=1S/C13H18N4/c1-10-11(9-14)4-5-13(17-10)16-8-6-12-3-2-7-15-12/h4-5,12,15H,2-3,6-8H2,1H3,(H,16,17)/t12-/m1/s1. The van der Waals surface area contributed by atoms with Gasteiger partial charge in [0.25, 0.3) is 0 Å². The molecule has 0 saturated carbocycles. The summed E-state index contributed by atoms with van der Waals surface area (Å²) < 4.78 is 0. The molecule has 1 aromatic heterocycles. The van der Waals surface area contributed by atoms with E-state index in [0.717, 1.165) is 31.0 Å². The fourth-order valence-electron chi connectivity index (χ4n) is 2.16. The van der Waals surface area contributed by atoms with Crippen molar-refractivity contribution in [2.24, 2.45) is 0 Å². The summed E-state index contributed by atoms with van der Waals surface area (Å²) in [6.45, 7) is 3.94. The molecular weight excluding hydrogens is 212 g/mol. The number of nitrogens with one attached hydrogen (secondary N) is 2. The Morgan fingerprint density at radius 1 is 1.59 bits per heavy atom. The molecule has 2 heterocycles. The molecule has 1 fully saturated rings. The molecule has 0 aromatic carbocycles. The van der Waals surface area contributed by atoms with Gasteiger partial charge in [-0.1, -0.05) is 0 Å². The van der Waals surface area contributed by atoms with Crippen LogP contribution in [0.2, 0.25) is 0 Å². The maximum atomic E-state index is 8.81. The van der Waals surface area contributed by atoms with Crippen molar-refractivity contribution < 1.29 is 0 Å². The van der Waals surface area contributed by atoms with Crippen molar-refractivity contribution in [3.63, 3.8) is 0 Å². The minimum atomic E-state index is 0.646. The minimum Gasteiger partial charge on any atom is -0.370 e. The van der Waals surface area contributed by atoms with Gasteiger partial charge in [0.05, 0.1) is 11.3 Å². The lowest BCUT2D eigenvalue weighted by Gasteiger charge is -2.11. The van der Waals surface area contributed by atoms with Crippen molar-refractivity contribution in [1.82, 2.24) is 10.3 Å². The molecule has 90 valence electrons. The number of aryl methyl sites for hydroxylation is 1. The van der Waals surface area contributed by atoms with Crippen LogP contribution < -0.4 is 10.6 Å². The molecular formula is C13H18N4. The van der Waals surface area contributed by atoms with Gasteiger partial charge in [-0.05, 0) is 44.9 Å². The lowest BCUT2D eigenvalue weighted by atomic mass is 10.1. The summed E-state index contributed by atoms with van der Waals surface area (Å²) in [5.41, 5.74) is 1.43. The van der Waals surface area contributed by atoms with Crippen molar-refractivity contribution in [3.05, 3.63) is 23.4 Å². The van der Waals surface area contributed by atoms with Crippen molar-refractivity contribution in [1.29, 1.82) is 5.26 Å². The van der Waals surface area contributed by atoms with E-state index in [1.54, 1.807) is 0 Å². The van der Waals surface area contributed by atoms with Gasteiger partial charge in [-0.3, -0.25) is 0 Å². The van der Waals surface area contributed by atoms with Crippen LogP contribution in [0.25, 0.3) is 0 Å². The zero-order valence-corrected chi connectivity index (χ0v) is 10.2. The Hall–Kier alpha value is -1.60. The molecule has 1 aliphatic heterocycles. The van der Waals surface area contributed by atoms with Crippen LogP contribution in [0.5, 0.6) is 0 Å². The first kappa shape index (κ1) is 11.9. The van der Waals surface area contributed by atoms with Gasteiger partial charge in [0.15, 0.2) is 0 Å². The first-order valence-corrected chi connectivity index (χ1v) is 6.14. The van der Waals surface area contributed by atoms with Crippen LogP contribution in [0.3, 0.4) is 0 Å². The Bertz CT molecular complexity index is 416. The number of rotatable bonds is 4. The van der Waals surface area contributed by atoms with E-state index in [0.29, 0.717) is 11.6 Å². The van der Waals surface area contributed by atoms with E-state index in [1.807, 2.05) is 19.1 Å². The molecule has 1 saturated heterocycles. The number of nitrogens with zero attached hydrogens (tertiary/aromatic N) is 2. The van der Waals surface area contributed by atoms with E-state index in [2.05, 4.69) is 21.7 Å². The van der Waals surface area contributed by atoms with Gasteiger partial charge in [0.2, 0.25) is 0 Å². The summed E-state index contributed by atoms with van der Waals surface area (Å²) in [7, 11) is 0. The van der Waals surface area contributed by atoms with Crippen LogP contribution in [-0.4, -0.2) is 24.1 Å². The summed E-state index contributed by atoms with van der Waals surface area (Å²) in [6.07, 6.45) is 3.70. The number of nitriles is 1. The number of pyridine rings is 1. The lowest BCUT2D eigenvalue weighted by Crippen LogP contribution is -2.24. The quantitative estimate of drug-likeness (QED) is 0.828. The van der Waals surface area contributed by atoms with E-state index in [4.69, 9.17) is 5.26 Å². The highest BCUT2D eigenvalue weighted by molar-refractivity contribution is 5.42. The van der Waals surface area contributed by atoms with Gasteiger partial charge in [-0.15, -0.1) is 0 Å². The third kappa shape index (κ3) is 3.18. The van der Waals surface area contributed by atoms with Crippen LogP contribution >= 0.6 is 0 Å². The molecule has 0 unspecified atom stereocenters. The van der Waals surface area contributed by atoms with Gasteiger partial charge in [-0.2, -0.15) is 5.26 Å². The smallest absolute Gasteiger partial charge is 0.126 e. The molecule has 1 aromatic rings. The Balaban J connectivity index is 1.82. The second-order valence-corrected chi connectivity index (χ2v) is 4.45. The largest absolute Gasteiger partial charge is 0.370 e. The highest BCUT2D eigenvalue weighted by Gasteiger charge is 2.12. The van der Waals surface area contributed by atoms with Gasteiger partial charge in [0.1, 0.15) is 11.9 Å². The van der Waals surface area contributed by atoms with E-state index in [9.17, 15) is 0 Å². The summed E-state index contributed by atoms with van der Waals surface area (Å²) in [5, 5.41) is 15.6. The van der Waals surface area contributed by atoms with Crippen LogP contribution in [0.15, 0.2) is 12.1 Å². The second kappa shape index (κ2) is 5.65. The third-order valence-corrected chi connectivity index (χ3v) is 3.17. The average molecular weight is 230 g/mol. The van der Waals surface area contributed by atoms with Crippen molar-refractivity contribution >= 4 is 5.82 Å². The molecule has 4 nitrogen and oxygen atoms in total. The topological polar surface area (TPSA) is 60.7 Å². The highest BCUT2D eigenvalue weighted by Crippen LogP contribution is 2.11. The molecule has 0 amide bonds. The molecule has 1 aliphatic rings. The summed E-state index contributed by atoms with van der Waals surface area (Å²) in [5.74, 6) is 0.861. The van der Waals surface area contributed by atoms with E-state index in [-0.39, 0.29) is 0 Å². The van der Waals surface area contributed by atoms with Crippen LogP contribution in [0, 0.1) is 18.3 Å². The summed E-state index contributed by atoms with van der Waals surface area (Å²) >= 11 is 0. The molecule has 4 heteroatoms. The lowest BCUT2D eigenvalue weighted by molar-refractivity contribution is 0.574. The fourth-order valence-corrected chi connectivity index (χ4v) is 2.16. The molecule has 0 radical (unpaired) electrons. The number of hydrogen-bond acceptors (Lipinski definition) is 4. The summed E-state index contributed by atoms with van der Waals surface area (Å²) in [6, 6.07) is 6.46. The monoisotopic (exact) mass is 230 g/mol. The number of anilines is 1. The normalized spacial score (nSPS) is 18.9. The van der Waals surface area contributed by atoms with Crippen molar-refractivity contribution in [2.45, 2.75) is 32.2 Å². The van der Waals surface area contributed by atoms with Gasteiger partial charge < -0.3 is 10.6 Å². The Kier molecular flexibility index (Phi) is 3.94. The van der Waals surface area contributed by atoms with E-state index in [1.165, 1.54) is 12.8 Å². The zero-order chi connectivity index (χ0) is 12.1. The zero-order valence-electron chi connectivity index (χ0n) is 10.2. The SMILES string of the molecule is Cc1nc(NCC[C@H]2CCCN2)ccc1C#N. The number of hydrogen-bond donors (Lipinski definition) is 2. The average Bonchev–Trinajstić information content (AvgIpc) is 2.82.